The van der Waals surface area contributed by atoms with Crippen LogP contribution in [0.4, 0.5) is 0 Å². The second-order valence-corrected chi connectivity index (χ2v) is 5.48. The third-order valence-corrected chi connectivity index (χ3v) is 3.92. The van der Waals surface area contributed by atoms with E-state index in [-0.39, 0.29) is 30.4 Å². The molecule has 0 spiro atoms. The fourth-order valence-corrected chi connectivity index (χ4v) is 2.76. The lowest BCUT2D eigenvalue weighted by Gasteiger charge is -2.27. The molecule has 118 valence electrons. The van der Waals surface area contributed by atoms with E-state index in [2.05, 4.69) is 0 Å². The molecule has 1 saturated heterocycles. The summed E-state index contributed by atoms with van der Waals surface area (Å²) in [6.07, 6.45) is 1.68. The maximum Gasteiger partial charge on any atom is 0.234 e. The zero-order chi connectivity index (χ0) is 14.5. The standard InChI is InChI=1S/C15H23N3O2.ClH/c16-12(9-11-5-2-1-3-6-11)14(19)10-18-8-4-7-13(18)15(17)20;/h1-3,5-6,12-14,19H,4,7-10,16H2,(H2,17,20);1H/t12-,13+,14+;/m1./s1. The normalized spacial score (nSPS) is 21.5. The number of hydrogen-bond acceptors (Lipinski definition) is 4. The smallest absolute Gasteiger partial charge is 0.234 e. The molecule has 21 heavy (non-hydrogen) atoms. The third-order valence-electron chi connectivity index (χ3n) is 3.92. The van der Waals surface area contributed by atoms with Crippen LogP contribution in [0.25, 0.3) is 0 Å². The number of β-amino-alcohol motifs (C(OH)–C–C–N with tert-alkyl or cyclic N) is 1. The molecule has 1 heterocycles. The number of carbonyl (C=O) groups excluding carboxylic acids is 1. The highest BCUT2D eigenvalue weighted by Crippen LogP contribution is 2.17. The molecule has 0 aliphatic carbocycles. The van der Waals surface area contributed by atoms with Gasteiger partial charge in [-0.15, -0.1) is 12.4 Å². The van der Waals surface area contributed by atoms with Crippen LogP contribution in [-0.2, 0) is 11.2 Å². The minimum atomic E-state index is -0.657. The van der Waals surface area contributed by atoms with Gasteiger partial charge in [-0.25, -0.2) is 0 Å². The maximum atomic E-state index is 11.3. The van der Waals surface area contributed by atoms with Gasteiger partial charge in [0.1, 0.15) is 0 Å². The SMILES string of the molecule is Cl.NC(=O)[C@@H]1CCCN1C[C@H](O)[C@H](N)Cc1ccccc1. The number of carbonyl (C=O) groups is 1. The Morgan fingerprint density at radius 2 is 2.05 bits per heavy atom. The molecule has 0 radical (unpaired) electrons. The first-order valence-electron chi connectivity index (χ1n) is 7.09. The van der Waals surface area contributed by atoms with Gasteiger partial charge in [0, 0.05) is 12.6 Å². The summed E-state index contributed by atoms with van der Waals surface area (Å²) in [7, 11) is 0. The van der Waals surface area contributed by atoms with Crippen molar-refractivity contribution in [3.63, 3.8) is 0 Å². The topological polar surface area (TPSA) is 92.6 Å². The quantitative estimate of drug-likeness (QED) is 0.704. The Bertz CT molecular complexity index is 444. The molecular formula is C15H24ClN3O2. The fraction of sp³-hybridized carbons (Fsp3) is 0.533. The fourth-order valence-electron chi connectivity index (χ4n) is 2.76. The zero-order valence-corrected chi connectivity index (χ0v) is 12.8. The number of hydrogen-bond donors (Lipinski definition) is 3. The van der Waals surface area contributed by atoms with Crippen LogP contribution in [0.2, 0.25) is 0 Å². The maximum absolute atomic E-state index is 11.3. The highest BCUT2D eigenvalue weighted by Gasteiger charge is 2.31. The Balaban J connectivity index is 0.00000220. The molecule has 1 amide bonds. The minimum absolute atomic E-state index is 0. The van der Waals surface area contributed by atoms with Crippen molar-refractivity contribution in [2.75, 3.05) is 13.1 Å². The van der Waals surface area contributed by atoms with E-state index in [1.807, 2.05) is 35.2 Å². The predicted molar refractivity (Wildman–Crippen MR) is 85.2 cm³/mol. The molecule has 1 aliphatic rings. The number of aliphatic hydroxyl groups is 1. The molecule has 5 nitrogen and oxygen atoms in total. The molecule has 6 heteroatoms. The molecule has 0 saturated carbocycles. The van der Waals surface area contributed by atoms with Crippen LogP contribution in [0.3, 0.4) is 0 Å². The summed E-state index contributed by atoms with van der Waals surface area (Å²) in [6, 6.07) is 9.26. The summed E-state index contributed by atoms with van der Waals surface area (Å²) >= 11 is 0. The van der Waals surface area contributed by atoms with E-state index in [0.717, 1.165) is 24.9 Å². The summed E-state index contributed by atoms with van der Waals surface area (Å²) in [4.78, 5) is 13.3. The minimum Gasteiger partial charge on any atom is -0.390 e. The van der Waals surface area contributed by atoms with Crippen molar-refractivity contribution in [2.45, 2.75) is 37.5 Å². The number of benzene rings is 1. The number of halogens is 1. The van der Waals surface area contributed by atoms with Crippen LogP contribution in [0.15, 0.2) is 30.3 Å². The molecule has 1 aliphatic heterocycles. The number of rotatable bonds is 6. The average Bonchev–Trinajstić information content (AvgIpc) is 2.88. The van der Waals surface area contributed by atoms with Gasteiger partial charge in [-0.2, -0.15) is 0 Å². The van der Waals surface area contributed by atoms with Crippen LogP contribution >= 0.6 is 12.4 Å². The molecule has 3 atom stereocenters. The summed E-state index contributed by atoms with van der Waals surface area (Å²) in [5.74, 6) is -0.314. The van der Waals surface area contributed by atoms with Gasteiger partial charge in [0.2, 0.25) is 5.91 Å². The number of nitrogens with zero attached hydrogens (tertiary/aromatic N) is 1. The molecule has 0 unspecified atom stereocenters. The van der Waals surface area contributed by atoms with Crippen molar-refractivity contribution in [1.82, 2.24) is 4.90 Å². The number of nitrogens with two attached hydrogens (primary N) is 2. The first kappa shape index (κ1) is 17.9. The van der Waals surface area contributed by atoms with Crippen LogP contribution in [0.5, 0.6) is 0 Å². The van der Waals surface area contributed by atoms with Crippen molar-refractivity contribution < 1.29 is 9.90 Å². The van der Waals surface area contributed by atoms with E-state index in [9.17, 15) is 9.90 Å². The number of amides is 1. The van der Waals surface area contributed by atoms with Crippen LogP contribution in [0, 0.1) is 0 Å². The van der Waals surface area contributed by atoms with Crippen molar-refractivity contribution in [3.8, 4) is 0 Å². The summed E-state index contributed by atoms with van der Waals surface area (Å²) in [5.41, 5.74) is 12.5. The third kappa shape index (κ3) is 4.97. The Morgan fingerprint density at radius 3 is 2.67 bits per heavy atom. The molecule has 0 bridgehead atoms. The van der Waals surface area contributed by atoms with Crippen LogP contribution < -0.4 is 11.5 Å². The summed E-state index contributed by atoms with van der Waals surface area (Å²) in [6.45, 7) is 1.20. The van der Waals surface area contributed by atoms with E-state index >= 15 is 0 Å². The second kappa shape index (κ2) is 8.34. The molecule has 0 aromatic heterocycles. The van der Waals surface area contributed by atoms with Gasteiger partial charge in [-0.05, 0) is 31.4 Å². The van der Waals surface area contributed by atoms with Gasteiger partial charge in [0.25, 0.3) is 0 Å². The second-order valence-electron chi connectivity index (χ2n) is 5.48. The lowest BCUT2D eigenvalue weighted by atomic mass is 10.0. The molecule has 5 N–H and O–H groups in total. The van der Waals surface area contributed by atoms with Crippen LogP contribution in [0.1, 0.15) is 18.4 Å². The first-order valence-corrected chi connectivity index (χ1v) is 7.09. The Hall–Kier alpha value is -1.14. The highest BCUT2D eigenvalue weighted by atomic mass is 35.5. The lowest BCUT2D eigenvalue weighted by Crippen LogP contribution is -2.49. The number of likely N-dealkylation sites (tertiary alicyclic amines) is 1. The Labute approximate surface area is 131 Å². The van der Waals surface area contributed by atoms with E-state index in [4.69, 9.17) is 11.5 Å². The highest BCUT2D eigenvalue weighted by molar-refractivity contribution is 5.85. The van der Waals surface area contributed by atoms with E-state index < -0.39 is 6.10 Å². The molecule has 1 aromatic carbocycles. The van der Waals surface area contributed by atoms with Gasteiger partial charge in [0.15, 0.2) is 0 Å². The molecule has 1 aromatic rings. The monoisotopic (exact) mass is 313 g/mol. The van der Waals surface area contributed by atoms with Crippen molar-refractivity contribution >= 4 is 18.3 Å². The lowest BCUT2D eigenvalue weighted by molar-refractivity contribution is -0.122. The van der Waals surface area contributed by atoms with Gasteiger partial charge in [-0.3, -0.25) is 9.69 Å². The molecule has 2 rings (SSSR count). The largest absolute Gasteiger partial charge is 0.390 e. The zero-order valence-electron chi connectivity index (χ0n) is 12.0. The van der Waals surface area contributed by atoms with Crippen molar-refractivity contribution in [1.29, 1.82) is 0 Å². The van der Waals surface area contributed by atoms with Gasteiger partial charge in [-0.1, -0.05) is 30.3 Å². The van der Waals surface area contributed by atoms with E-state index in [1.165, 1.54) is 0 Å². The van der Waals surface area contributed by atoms with E-state index in [0.29, 0.717) is 13.0 Å². The van der Waals surface area contributed by atoms with Gasteiger partial charge in [0.05, 0.1) is 12.1 Å². The first-order chi connectivity index (χ1) is 9.58. The van der Waals surface area contributed by atoms with Gasteiger partial charge < -0.3 is 16.6 Å². The number of primary amides is 1. The number of aliphatic hydroxyl groups excluding tert-OH is 1. The molecule has 1 fully saturated rings. The van der Waals surface area contributed by atoms with Crippen LogP contribution in [-0.4, -0.2) is 47.2 Å². The Kier molecular flexibility index (Phi) is 7.11. The van der Waals surface area contributed by atoms with Crippen molar-refractivity contribution in [2.24, 2.45) is 11.5 Å². The summed E-state index contributed by atoms with van der Waals surface area (Å²) < 4.78 is 0. The van der Waals surface area contributed by atoms with Gasteiger partial charge >= 0.3 is 0 Å². The van der Waals surface area contributed by atoms with E-state index in [1.54, 1.807) is 0 Å². The molecular weight excluding hydrogens is 290 g/mol. The van der Waals surface area contributed by atoms with Crippen molar-refractivity contribution in [3.05, 3.63) is 35.9 Å². The summed E-state index contributed by atoms with van der Waals surface area (Å²) in [5, 5.41) is 10.2. The predicted octanol–water partition coefficient (Wildman–Crippen LogP) is 0.289. The average molecular weight is 314 g/mol. The Morgan fingerprint density at radius 1 is 1.38 bits per heavy atom.